The minimum Gasteiger partial charge on any atom is -0.310 e. The third-order valence-corrected chi connectivity index (χ3v) is 6.25. The molecule has 0 saturated carbocycles. The van der Waals surface area contributed by atoms with Gasteiger partial charge in [0.25, 0.3) is 5.56 Å². The van der Waals surface area contributed by atoms with Gasteiger partial charge >= 0.3 is 5.69 Å². The van der Waals surface area contributed by atoms with Crippen molar-refractivity contribution < 1.29 is 4.39 Å². The molecule has 1 aliphatic heterocycles. The first kappa shape index (κ1) is 21.5. The molecular weight excluding hydrogens is 417 g/mol. The van der Waals surface area contributed by atoms with Gasteiger partial charge in [-0.15, -0.1) is 0 Å². The lowest BCUT2D eigenvalue weighted by atomic mass is 9.90. The van der Waals surface area contributed by atoms with Gasteiger partial charge in [-0.2, -0.15) is 0 Å². The molecule has 7 heteroatoms. The Bertz CT molecular complexity index is 1120. The van der Waals surface area contributed by atoms with Crippen molar-refractivity contribution in [3.05, 3.63) is 103 Å². The Morgan fingerprint density at radius 1 is 1.00 bits per heavy atom. The van der Waals surface area contributed by atoms with Crippen LogP contribution in [0.2, 0.25) is 5.02 Å². The summed E-state index contributed by atoms with van der Waals surface area (Å²) in [6, 6.07) is 15.5. The van der Waals surface area contributed by atoms with Crippen LogP contribution in [-0.2, 0) is 19.5 Å². The highest BCUT2D eigenvalue weighted by Gasteiger charge is 2.21. The van der Waals surface area contributed by atoms with Gasteiger partial charge in [-0.05, 0) is 67.6 Å². The average molecular weight is 442 g/mol. The summed E-state index contributed by atoms with van der Waals surface area (Å²) in [5.41, 5.74) is 1.71. The molecule has 162 valence electrons. The number of hydrogen-bond acceptors (Lipinski definition) is 3. The largest absolute Gasteiger partial charge is 0.328 e. The van der Waals surface area contributed by atoms with Crippen LogP contribution in [0.1, 0.15) is 29.7 Å². The normalized spacial score (nSPS) is 15.3. The van der Waals surface area contributed by atoms with E-state index in [1.54, 1.807) is 6.07 Å². The molecule has 4 rings (SSSR count). The highest BCUT2D eigenvalue weighted by Crippen LogP contribution is 2.26. The predicted octanol–water partition coefficient (Wildman–Crippen LogP) is 3.83. The van der Waals surface area contributed by atoms with E-state index in [1.807, 2.05) is 30.3 Å². The van der Waals surface area contributed by atoms with Gasteiger partial charge in [-0.1, -0.05) is 41.9 Å². The van der Waals surface area contributed by atoms with Crippen molar-refractivity contribution in [1.82, 2.24) is 14.5 Å². The third-order valence-electron chi connectivity index (χ3n) is 5.88. The van der Waals surface area contributed by atoms with Gasteiger partial charge in [-0.3, -0.25) is 14.3 Å². The van der Waals surface area contributed by atoms with Gasteiger partial charge in [0.15, 0.2) is 0 Å². The van der Waals surface area contributed by atoms with Crippen molar-refractivity contribution in [2.45, 2.75) is 32.4 Å². The van der Waals surface area contributed by atoms with Crippen LogP contribution in [0.4, 0.5) is 4.39 Å². The number of H-pyrrole nitrogens is 1. The van der Waals surface area contributed by atoms with Crippen molar-refractivity contribution >= 4 is 11.6 Å². The van der Waals surface area contributed by atoms with E-state index in [1.165, 1.54) is 22.8 Å². The van der Waals surface area contributed by atoms with E-state index >= 15 is 0 Å². The molecule has 1 saturated heterocycles. The summed E-state index contributed by atoms with van der Waals surface area (Å²) in [6.45, 7) is 2.49. The minimum atomic E-state index is -0.387. The van der Waals surface area contributed by atoms with Crippen LogP contribution in [0.15, 0.2) is 64.2 Å². The summed E-state index contributed by atoms with van der Waals surface area (Å²) in [5, 5.41) is 0.609. The Morgan fingerprint density at radius 3 is 2.45 bits per heavy atom. The maximum absolute atomic E-state index is 13.5. The molecule has 2 heterocycles. The van der Waals surface area contributed by atoms with Crippen LogP contribution in [0.25, 0.3) is 0 Å². The second-order valence-corrected chi connectivity index (χ2v) is 8.58. The molecule has 0 bridgehead atoms. The number of nitrogens with one attached hydrogen (secondary N) is 1. The third kappa shape index (κ3) is 5.51. The number of rotatable bonds is 6. The van der Waals surface area contributed by atoms with Crippen molar-refractivity contribution in [2.75, 3.05) is 13.1 Å². The zero-order valence-electron chi connectivity index (χ0n) is 17.2. The van der Waals surface area contributed by atoms with E-state index in [-0.39, 0.29) is 23.6 Å². The lowest BCUT2D eigenvalue weighted by Crippen LogP contribution is -2.38. The summed E-state index contributed by atoms with van der Waals surface area (Å²) in [6.07, 6.45) is 2.68. The van der Waals surface area contributed by atoms with E-state index in [0.717, 1.165) is 43.5 Å². The zero-order valence-corrected chi connectivity index (χ0v) is 17.9. The predicted molar refractivity (Wildman–Crippen MR) is 120 cm³/mol. The molecule has 1 N–H and O–H groups in total. The molecule has 31 heavy (non-hydrogen) atoms. The molecule has 5 nitrogen and oxygen atoms in total. The number of hydrogen-bond donors (Lipinski definition) is 1. The van der Waals surface area contributed by atoms with Crippen LogP contribution >= 0.6 is 11.6 Å². The highest BCUT2D eigenvalue weighted by atomic mass is 35.5. The van der Waals surface area contributed by atoms with Crippen molar-refractivity contribution in [1.29, 1.82) is 0 Å². The first-order valence-electron chi connectivity index (χ1n) is 10.5. The second-order valence-electron chi connectivity index (χ2n) is 8.17. The van der Waals surface area contributed by atoms with Crippen LogP contribution in [-0.4, -0.2) is 27.5 Å². The lowest BCUT2D eigenvalue weighted by Gasteiger charge is -2.32. The fourth-order valence-corrected chi connectivity index (χ4v) is 4.36. The summed E-state index contributed by atoms with van der Waals surface area (Å²) >= 11 is 6.20. The number of piperidine rings is 1. The van der Waals surface area contributed by atoms with E-state index < -0.39 is 0 Å². The van der Waals surface area contributed by atoms with Gasteiger partial charge in [0.2, 0.25) is 0 Å². The van der Waals surface area contributed by atoms with E-state index in [2.05, 4.69) is 9.88 Å². The summed E-state index contributed by atoms with van der Waals surface area (Å²) < 4.78 is 14.7. The van der Waals surface area contributed by atoms with Crippen LogP contribution in [0, 0.1) is 11.7 Å². The molecular formula is C24H25ClFN3O2. The van der Waals surface area contributed by atoms with Crippen LogP contribution < -0.4 is 11.2 Å². The molecule has 0 unspecified atom stereocenters. The van der Waals surface area contributed by atoms with Gasteiger partial charge in [0.05, 0.1) is 6.54 Å². The van der Waals surface area contributed by atoms with Gasteiger partial charge in [0.1, 0.15) is 5.82 Å². The fourth-order valence-electron chi connectivity index (χ4n) is 4.17. The SMILES string of the molecule is O=c1cc(CN2CCC(Cc3cc(F)ccc3Cl)CC2)[nH]c(=O)n1Cc1ccccc1. The molecule has 2 aromatic carbocycles. The smallest absolute Gasteiger partial charge is 0.310 e. The molecule has 0 aliphatic carbocycles. The first-order valence-corrected chi connectivity index (χ1v) is 10.9. The van der Waals surface area contributed by atoms with E-state index in [4.69, 9.17) is 11.6 Å². The summed E-state index contributed by atoms with van der Waals surface area (Å²) in [5.74, 6) is 0.177. The first-order chi connectivity index (χ1) is 15.0. The Balaban J connectivity index is 1.36. The molecule has 0 amide bonds. The number of aromatic nitrogens is 2. The van der Waals surface area contributed by atoms with Crippen molar-refractivity contribution in [3.8, 4) is 0 Å². The van der Waals surface area contributed by atoms with Crippen LogP contribution in [0.3, 0.4) is 0 Å². The molecule has 1 aromatic heterocycles. The highest BCUT2D eigenvalue weighted by molar-refractivity contribution is 6.31. The van der Waals surface area contributed by atoms with Gasteiger partial charge < -0.3 is 4.98 Å². The molecule has 0 radical (unpaired) electrons. The van der Waals surface area contributed by atoms with Gasteiger partial charge in [-0.25, -0.2) is 9.18 Å². The molecule has 0 atom stereocenters. The Hall–Kier alpha value is -2.70. The quantitative estimate of drug-likeness (QED) is 0.632. The maximum Gasteiger partial charge on any atom is 0.328 e. The molecule has 1 aliphatic rings. The molecule has 1 fully saturated rings. The van der Waals surface area contributed by atoms with Crippen molar-refractivity contribution in [2.24, 2.45) is 5.92 Å². The Kier molecular flexibility index (Phi) is 6.68. The number of benzene rings is 2. The van der Waals surface area contributed by atoms with Crippen molar-refractivity contribution in [3.63, 3.8) is 0 Å². The summed E-state index contributed by atoms with van der Waals surface area (Å²) in [7, 11) is 0. The average Bonchev–Trinajstić information content (AvgIpc) is 2.75. The molecule has 0 spiro atoms. The topological polar surface area (TPSA) is 58.1 Å². The number of nitrogens with zero attached hydrogens (tertiary/aromatic N) is 2. The van der Waals surface area contributed by atoms with E-state index in [0.29, 0.717) is 23.2 Å². The van der Waals surface area contributed by atoms with Gasteiger partial charge in [0, 0.05) is 23.3 Å². The number of aromatic amines is 1. The summed E-state index contributed by atoms with van der Waals surface area (Å²) in [4.78, 5) is 30.1. The van der Waals surface area contributed by atoms with Crippen LogP contribution in [0.5, 0.6) is 0 Å². The molecule has 3 aromatic rings. The second kappa shape index (κ2) is 9.62. The minimum absolute atomic E-state index is 0.253. The van der Waals surface area contributed by atoms with E-state index in [9.17, 15) is 14.0 Å². The number of halogens is 2. The maximum atomic E-state index is 13.5. The lowest BCUT2D eigenvalue weighted by molar-refractivity contribution is 0.175. The monoisotopic (exact) mass is 441 g/mol. The Morgan fingerprint density at radius 2 is 1.74 bits per heavy atom. The zero-order chi connectivity index (χ0) is 21.8. The standard InChI is InChI=1S/C24H25ClFN3O2/c25-22-7-6-20(26)13-19(22)12-17-8-10-28(11-9-17)16-21-14-23(30)29(24(31)27-21)15-18-4-2-1-3-5-18/h1-7,13-14,17H,8-12,15-16H2,(H,27,31). The fraction of sp³-hybridized carbons (Fsp3) is 0.333. The Labute approximate surface area is 185 Å². The number of likely N-dealkylation sites (tertiary alicyclic amines) is 1.